The molecule has 3 aromatic rings. The van der Waals surface area contributed by atoms with Gasteiger partial charge >= 0.3 is 10.3 Å². The number of nitrogens with one attached hydrogen (secondary N) is 1. The number of halogens is 2. The first-order chi connectivity index (χ1) is 17.7. The molecule has 0 amide bonds. The number of carbonyl (C=O) groups is 1. The minimum Gasteiger partial charge on any atom is -0.368 e. The summed E-state index contributed by atoms with van der Waals surface area (Å²) >= 11 is 7.68. The first kappa shape index (κ1) is 26.1. The van der Waals surface area contributed by atoms with Crippen molar-refractivity contribution in [3.63, 3.8) is 0 Å². The Morgan fingerprint density at radius 3 is 2.95 bits per heavy atom. The first-order valence-corrected chi connectivity index (χ1v) is 14.3. The average Bonchev–Trinajstić information content (AvgIpc) is 3.48. The van der Waals surface area contributed by atoms with Crippen molar-refractivity contribution in [3.05, 3.63) is 74.1 Å². The molecular formula is C24H24ClFN4O5S2. The van der Waals surface area contributed by atoms with Gasteiger partial charge in [-0.1, -0.05) is 17.7 Å². The molecule has 2 aliphatic rings. The fourth-order valence-electron chi connectivity index (χ4n) is 4.83. The minimum atomic E-state index is -3.99. The van der Waals surface area contributed by atoms with Gasteiger partial charge in [0.25, 0.3) is 0 Å². The van der Waals surface area contributed by atoms with Crippen LogP contribution in [-0.4, -0.2) is 43.4 Å². The number of hydrogen-bond donors (Lipinski definition) is 2. The van der Waals surface area contributed by atoms with E-state index in [2.05, 4.69) is 15.3 Å². The minimum absolute atomic E-state index is 0.0127. The number of aromatic nitrogens is 2. The molecule has 9 nitrogen and oxygen atoms in total. The van der Waals surface area contributed by atoms with E-state index in [1.165, 1.54) is 24.7 Å². The van der Waals surface area contributed by atoms with Crippen LogP contribution in [0.4, 0.5) is 10.2 Å². The molecule has 1 aliphatic heterocycles. The first-order valence-electron chi connectivity index (χ1n) is 11.7. The Kier molecular flexibility index (Phi) is 7.57. The second-order valence-electron chi connectivity index (χ2n) is 9.10. The Morgan fingerprint density at radius 2 is 2.14 bits per heavy atom. The maximum absolute atomic E-state index is 14.0. The smallest absolute Gasteiger partial charge is 0.333 e. The Labute approximate surface area is 222 Å². The lowest BCUT2D eigenvalue weighted by Crippen LogP contribution is -2.22. The normalized spacial score (nSPS) is 21.5. The number of carbonyl (C=O) groups excluding carboxylic acids is 1. The van der Waals surface area contributed by atoms with Gasteiger partial charge in [-0.25, -0.2) is 19.5 Å². The molecule has 0 spiro atoms. The van der Waals surface area contributed by atoms with Gasteiger partial charge in [-0.2, -0.15) is 8.42 Å². The molecule has 2 aromatic heterocycles. The van der Waals surface area contributed by atoms with Gasteiger partial charge in [0.2, 0.25) is 5.78 Å². The number of hydrogen-bond acceptors (Lipinski definition) is 9. The fourth-order valence-corrected chi connectivity index (χ4v) is 6.48. The maximum atomic E-state index is 14.0. The predicted octanol–water partition coefficient (Wildman–Crippen LogP) is 4.02. The maximum Gasteiger partial charge on any atom is 0.333 e. The lowest BCUT2D eigenvalue weighted by Gasteiger charge is -2.26. The van der Waals surface area contributed by atoms with Gasteiger partial charge in [-0.05, 0) is 60.9 Å². The third-order valence-corrected chi connectivity index (χ3v) is 8.43. The number of ether oxygens (including phenoxy) is 1. The van der Waals surface area contributed by atoms with Gasteiger partial charge in [0.1, 0.15) is 24.1 Å². The zero-order valence-electron chi connectivity index (χ0n) is 19.5. The lowest BCUT2D eigenvalue weighted by molar-refractivity contribution is 0.0698. The van der Waals surface area contributed by atoms with Crippen LogP contribution < -0.4 is 10.5 Å². The van der Waals surface area contributed by atoms with E-state index < -0.39 is 16.4 Å². The van der Waals surface area contributed by atoms with Crippen molar-refractivity contribution in [3.8, 4) is 0 Å². The number of thiophene rings is 1. The van der Waals surface area contributed by atoms with E-state index in [0.29, 0.717) is 45.6 Å². The molecule has 3 atom stereocenters. The summed E-state index contributed by atoms with van der Waals surface area (Å²) in [7, 11) is -3.99. The molecule has 1 unspecified atom stereocenters. The molecule has 1 aromatic carbocycles. The highest BCUT2D eigenvalue weighted by Gasteiger charge is 2.30. The van der Waals surface area contributed by atoms with E-state index in [4.69, 9.17) is 25.7 Å². The van der Waals surface area contributed by atoms with E-state index in [9.17, 15) is 17.6 Å². The fraction of sp³-hybridized carbons (Fsp3) is 0.375. The lowest BCUT2D eigenvalue weighted by atomic mass is 9.94. The molecule has 0 radical (unpaired) electrons. The molecule has 0 saturated heterocycles. The van der Waals surface area contributed by atoms with Crippen LogP contribution in [0.1, 0.15) is 57.3 Å². The van der Waals surface area contributed by atoms with Crippen LogP contribution in [0.2, 0.25) is 4.34 Å². The third-order valence-electron chi connectivity index (χ3n) is 6.57. The average molecular weight is 567 g/mol. The summed E-state index contributed by atoms with van der Waals surface area (Å²) in [5.74, 6) is -0.271. The number of nitrogens with zero attached hydrogens (tertiary/aromatic N) is 2. The van der Waals surface area contributed by atoms with Crippen LogP contribution in [0.5, 0.6) is 0 Å². The standard InChI is InChI=1S/C24H24ClFN4O5S2/c25-23-18(22-17-8-15(26)3-2-14(17)5-6-34-22)9-20(36-23)21(31)19-10-28-12-29-24(19)30-16-4-1-13(7-16)11-35-37(27,32)33/h2-3,8-10,12-13,16,22H,1,4-7,11H2,(H2,27,32,33)(H,28,29,30)/t13-,16+,22?/m1/s1. The summed E-state index contributed by atoms with van der Waals surface area (Å²) in [6.07, 6.45) is 5.04. The predicted molar refractivity (Wildman–Crippen MR) is 137 cm³/mol. The van der Waals surface area contributed by atoms with Gasteiger partial charge in [0.05, 0.1) is 28.0 Å². The molecule has 0 bridgehead atoms. The zero-order valence-corrected chi connectivity index (χ0v) is 21.9. The summed E-state index contributed by atoms with van der Waals surface area (Å²) in [5.41, 5.74) is 2.59. The van der Waals surface area contributed by atoms with Gasteiger partial charge in [0, 0.05) is 17.8 Å². The van der Waals surface area contributed by atoms with Gasteiger partial charge in [-0.15, -0.1) is 11.3 Å². The quantitative estimate of drug-likeness (QED) is 0.390. The van der Waals surface area contributed by atoms with Gasteiger partial charge < -0.3 is 10.1 Å². The number of ketones is 1. The van der Waals surface area contributed by atoms with Crippen molar-refractivity contribution in [2.45, 2.75) is 37.8 Å². The highest BCUT2D eigenvalue weighted by molar-refractivity contribution is 7.84. The Bertz CT molecular complexity index is 1430. The number of benzene rings is 1. The van der Waals surface area contributed by atoms with Crippen LogP contribution in [0.15, 0.2) is 36.8 Å². The highest BCUT2D eigenvalue weighted by Crippen LogP contribution is 2.41. The molecule has 196 valence electrons. The number of nitrogens with two attached hydrogens (primary N) is 1. The van der Waals surface area contributed by atoms with Crippen molar-refractivity contribution < 1.29 is 26.5 Å². The molecule has 13 heteroatoms. The van der Waals surface area contributed by atoms with Crippen molar-refractivity contribution in [1.29, 1.82) is 0 Å². The zero-order chi connectivity index (χ0) is 26.2. The van der Waals surface area contributed by atoms with Crippen LogP contribution in [0, 0.1) is 11.7 Å². The number of fused-ring (bicyclic) bond motifs is 1. The second kappa shape index (κ2) is 10.7. The molecule has 3 heterocycles. The molecule has 3 N–H and O–H groups in total. The SMILES string of the molecule is NS(=O)(=O)OC[C@@H]1CC[C@H](Nc2ncncc2C(=O)c2cc(C3OCCc4ccc(F)cc43)c(Cl)s2)C1. The molecule has 37 heavy (non-hydrogen) atoms. The largest absolute Gasteiger partial charge is 0.368 e. The van der Waals surface area contributed by atoms with Gasteiger partial charge in [-0.3, -0.25) is 8.98 Å². The second-order valence-corrected chi connectivity index (χ2v) is 12.0. The van der Waals surface area contributed by atoms with Gasteiger partial charge in [0.15, 0.2) is 0 Å². The van der Waals surface area contributed by atoms with Crippen molar-refractivity contribution >= 4 is 44.8 Å². The van der Waals surface area contributed by atoms with E-state index in [1.54, 1.807) is 12.1 Å². The molecule has 1 fully saturated rings. The van der Waals surface area contributed by atoms with Crippen LogP contribution >= 0.6 is 22.9 Å². The summed E-state index contributed by atoms with van der Waals surface area (Å²) < 4.78 is 47.2. The van der Waals surface area contributed by atoms with Crippen LogP contribution in [0.3, 0.4) is 0 Å². The van der Waals surface area contributed by atoms with Crippen LogP contribution in [0.25, 0.3) is 0 Å². The highest BCUT2D eigenvalue weighted by atomic mass is 35.5. The van der Waals surface area contributed by atoms with Crippen LogP contribution in [-0.2, 0) is 25.6 Å². The molecular weight excluding hydrogens is 543 g/mol. The van der Waals surface area contributed by atoms with E-state index in [-0.39, 0.29) is 35.7 Å². The summed E-state index contributed by atoms with van der Waals surface area (Å²) in [4.78, 5) is 22.2. The Morgan fingerprint density at radius 1 is 1.30 bits per heavy atom. The summed E-state index contributed by atoms with van der Waals surface area (Å²) in [6.45, 7) is 0.475. The van der Waals surface area contributed by atoms with E-state index in [0.717, 1.165) is 29.7 Å². The van der Waals surface area contributed by atoms with Crippen molar-refractivity contribution in [1.82, 2.24) is 9.97 Å². The number of rotatable bonds is 8. The monoisotopic (exact) mass is 566 g/mol. The molecule has 1 saturated carbocycles. The molecule has 5 rings (SSSR count). The molecule has 1 aliphatic carbocycles. The topological polar surface area (TPSA) is 134 Å². The number of anilines is 1. The van der Waals surface area contributed by atoms with E-state index in [1.807, 2.05) is 0 Å². The summed E-state index contributed by atoms with van der Waals surface area (Å²) in [5, 5.41) is 8.21. The Balaban J connectivity index is 1.34. The van der Waals surface area contributed by atoms with E-state index >= 15 is 0 Å². The van der Waals surface area contributed by atoms with Crippen molar-refractivity contribution in [2.24, 2.45) is 11.1 Å². The summed E-state index contributed by atoms with van der Waals surface area (Å²) in [6, 6.07) is 6.28. The Hall–Kier alpha value is -2.48. The van der Waals surface area contributed by atoms with Crippen molar-refractivity contribution in [2.75, 3.05) is 18.5 Å². The third kappa shape index (κ3) is 6.00.